The Labute approximate surface area is 220 Å². The predicted molar refractivity (Wildman–Crippen MR) is 141 cm³/mol. The summed E-state index contributed by atoms with van der Waals surface area (Å²) < 4.78 is 5.48. The molecule has 1 aromatic rings. The Hall–Kier alpha value is -2.94. The van der Waals surface area contributed by atoms with E-state index in [-0.39, 0.29) is 6.42 Å². The lowest BCUT2D eigenvalue weighted by Gasteiger charge is -2.44. The molecule has 0 aliphatic heterocycles. The minimum Gasteiger partial charge on any atom is -0.481 e. The van der Waals surface area contributed by atoms with Gasteiger partial charge in [-0.05, 0) is 37.2 Å². The lowest BCUT2D eigenvalue weighted by molar-refractivity contribution is -0.159. The number of hydrogen-bond acceptors (Lipinski definition) is 6. The molecule has 1 amide bonds. The monoisotopic (exact) mass is 520 g/mol. The third-order valence-corrected chi connectivity index (χ3v) is 5.98. The minimum atomic E-state index is -1.32. The number of aliphatic carboxylic acids is 2. The molecule has 0 aliphatic carbocycles. The molecule has 0 saturated carbocycles. The molecule has 0 spiro atoms. The van der Waals surface area contributed by atoms with E-state index in [9.17, 15) is 29.4 Å². The van der Waals surface area contributed by atoms with Crippen molar-refractivity contribution in [2.24, 2.45) is 22.7 Å². The van der Waals surface area contributed by atoms with Crippen LogP contribution in [0.15, 0.2) is 30.3 Å². The van der Waals surface area contributed by atoms with Gasteiger partial charge in [0.2, 0.25) is 5.91 Å². The standard InChI is InChI=1S/C28H44N2O7/c1-26(2,3)20(21(23(32)33)27(4,5)6)22(24(34)35)29-16-19(31)30-18(25(36)37-28(7,8)9)15-17-13-11-10-12-14-17/h10-14,18,20-22,29H,15-16H2,1-9H3,(H,30,31)(H,32,33)(H,34,35). The Balaban J connectivity index is 3.16. The number of nitrogens with one attached hydrogen (secondary N) is 2. The number of benzene rings is 1. The van der Waals surface area contributed by atoms with Gasteiger partial charge < -0.3 is 20.3 Å². The second kappa shape index (κ2) is 12.5. The van der Waals surface area contributed by atoms with E-state index >= 15 is 0 Å². The summed E-state index contributed by atoms with van der Waals surface area (Å²) in [6.45, 7) is 15.4. The van der Waals surface area contributed by atoms with Crippen molar-refractivity contribution in [3.05, 3.63) is 35.9 Å². The second-order valence-electron chi connectivity index (χ2n) is 12.6. The summed E-state index contributed by atoms with van der Waals surface area (Å²) in [6, 6.07) is 6.84. The van der Waals surface area contributed by atoms with Crippen LogP contribution in [0.25, 0.3) is 0 Å². The number of esters is 1. The van der Waals surface area contributed by atoms with Crippen LogP contribution in [0.4, 0.5) is 0 Å². The van der Waals surface area contributed by atoms with Gasteiger partial charge >= 0.3 is 17.9 Å². The number of amides is 1. The maximum Gasteiger partial charge on any atom is 0.329 e. The molecule has 0 fully saturated rings. The lowest BCUT2D eigenvalue weighted by Crippen LogP contribution is -2.57. The molecular formula is C28H44N2O7. The number of carbonyl (C=O) groups is 4. The van der Waals surface area contributed by atoms with Gasteiger partial charge in [-0.3, -0.25) is 19.7 Å². The first-order valence-electron chi connectivity index (χ1n) is 12.5. The van der Waals surface area contributed by atoms with E-state index in [0.29, 0.717) is 0 Å². The van der Waals surface area contributed by atoms with Crippen LogP contribution in [0.3, 0.4) is 0 Å². The summed E-state index contributed by atoms with van der Waals surface area (Å²) in [5, 5.41) is 25.5. The normalized spacial score (nSPS) is 15.7. The zero-order chi connectivity index (χ0) is 28.8. The van der Waals surface area contributed by atoms with Crippen LogP contribution in [-0.4, -0.2) is 58.3 Å². The number of carboxylic acids is 2. The summed E-state index contributed by atoms with van der Waals surface area (Å²) in [4.78, 5) is 50.3. The number of carbonyl (C=O) groups excluding carboxylic acids is 2. The molecule has 0 aliphatic rings. The fourth-order valence-electron chi connectivity index (χ4n) is 4.49. The van der Waals surface area contributed by atoms with E-state index in [4.69, 9.17) is 4.74 Å². The Morgan fingerprint density at radius 3 is 1.78 bits per heavy atom. The molecule has 37 heavy (non-hydrogen) atoms. The van der Waals surface area contributed by atoms with Crippen molar-refractivity contribution in [2.75, 3.05) is 6.54 Å². The quantitative estimate of drug-likeness (QED) is 0.325. The zero-order valence-electron chi connectivity index (χ0n) is 23.5. The van der Waals surface area contributed by atoms with Crippen molar-refractivity contribution in [3.8, 4) is 0 Å². The molecule has 0 aromatic heterocycles. The zero-order valence-corrected chi connectivity index (χ0v) is 23.5. The largest absolute Gasteiger partial charge is 0.481 e. The fourth-order valence-corrected chi connectivity index (χ4v) is 4.49. The van der Waals surface area contributed by atoms with Crippen molar-refractivity contribution < 1.29 is 34.1 Å². The maximum absolute atomic E-state index is 12.9. The third kappa shape index (κ3) is 10.5. The van der Waals surface area contributed by atoms with Crippen molar-refractivity contribution in [1.29, 1.82) is 0 Å². The number of ether oxygens (including phenoxy) is 1. The van der Waals surface area contributed by atoms with E-state index in [1.807, 2.05) is 30.3 Å². The lowest BCUT2D eigenvalue weighted by atomic mass is 9.61. The third-order valence-electron chi connectivity index (χ3n) is 5.98. The average molecular weight is 521 g/mol. The summed E-state index contributed by atoms with van der Waals surface area (Å²) in [5.74, 6) is -5.41. The number of rotatable bonds is 11. The van der Waals surface area contributed by atoms with Gasteiger partial charge in [0.15, 0.2) is 0 Å². The molecule has 208 valence electrons. The summed E-state index contributed by atoms with van der Waals surface area (Å²) >= 11 is 0. The first-order chi connectivity index (χ1) is 16.7. The van der Waals surface area contributed by atoms with Gasteiger partial charge in [-0.1, -0.05) is 71.9 Å². The molecule has 0 saturated heterocycles. The van der Waals surface area contributed by atoms with Gasteiger partial charge in [-0.2, -0.15) is 0 Å². The Kier molecular flexibility index (Phi) is 10.9. The molecule has 1 rings (SSSR count). The van der Waals surface area contributed by atoms with E-state index < -0.39 is 70.7 Å². The molecule has 4 unspecified atom stereocenters. The van der Waals surface area contributed by atoms with E-state index in [1.54, 1.807) is 62.3 Å². The first-order valence-corrected chi connectivity index (χ1v) is 12.5. The van der Waals surface area contributed by atoms with Crippen LogP contribution in [0, 0.1) is 22.7 Å². The van der Waals surface area contributed by atoms with E-state index in [2.05, 4.69) is 10.6 Å². The summed E-state index contributed by atoms with van der Waals surface area (Å²) in [6.07, 6.45) is 0.194. The summed E-state index contributed by atoms with van der Waals surface area (Å²) in [7, 11) is 0. The van der Waals surface area contributed by atoms with Crippen molar-refractivity contribution in [3.63, 3.8) is 0 Å². The highest BCUT2D eigenvalue weighted by molar-refractivity contribution is 5.86. The first kappa shape index (κ1) is 32.1. The molecule has 0 radical (unpaired) electrons. The number of hydrogen-bond donors (Lipinski definition) is 4. The maximum atomic E-state index is 12.9. The van der Waals surface area contributed by atoms with Crippen LogP contribution in [-0.2, 0) is 30.3 Å². The van der Waals surface area contributed by atoms with Crippen molar-refractivity contribution >= 4 is 23.8 Å². The molecule has 9 heteroatoms. The predicted octanol–water partition coefficient (Wildman–Crippen LogP) is 3.51. The van der Waals surface area contributed by atoms with Crippen molar-refractivity contribution in [2.45, 2.75) is 86.4 Å². The SMILES string of the molecule is CC(C)(C)OC(=O)C(Cc1ccccc1)NC(=O)CNC(C(=O)O)C(C(C(=O)O)C(C)(C)C)C(C)(C)C. The van der Waals surface area contributed by atoms with Crippen LogP contribution >= 0.6 is 0 Å². The van der Waals surface area contributed by atoms with Crippen LogP contribution in [0.2, 0.25) is 0 Å². The summed E-state index contributed by atoms with van der Waals surface area (Å²) in [5.41, 5.74) is -1.40. The topological polar surface area (TPSA) is 142 Å². The van der Waals surface area contributed by atoms with Gasteiger partial charge in [0.05, 0.1) is 12.5 Å². The highest BCUT2D eigenvalue weighted by Crippen LogP contribution is 2.43. The number of carboxylic acid groups (broad SMARTS) is 2. The van der Waals surface area contributed by atoms with Gasteiger partial charge in [0, 0.05) is 12.3 Å². The Morgan fingerprint density at radius 2 is 1.38 bits per heavy atom. The van der Waals surface area contributed by atoms with Crippen LogP contribution < -0.4 is 10.6 Å². The Morgan fingerprint density at radius 1 is 0.838 bits per heavy atom. The second-order valence-corrected chi connectivity index (χ2v) is 12.6. The molecule has 4 N–H and O–H groups in total. The highest BCUT2D eigenvalue weighted by atomic mass is 16.6. The molecular weight excluding hydrogens is 476 g/mol. The minimum absolute atomic E-state index is 0.194. The molecule has 4 atom stereocenters. The molecule has 0 bridgehead atoms. The Bertz CT molecular complexity index is 940. The van der Waals surface area contributed by atoms with Gasteiger partial charge in [-0.15, -0.1) is 0 Å². The van der Waals surface area contributed by atoms with Crippen LogP contribution in [0.1, 0.15) is 67.9 Å². The van der Waals surface area contributed by atoms with Crippen LogP contribution in [0.5, 0.6) is 0 Å². The van der Waals surface area contributed by atoms with E-state index in [0.717, 1.165) is 5.56 Å². The molecule has 0 heterocycles. The van der Waals surface area contributed by atoms with Gasteiger partial charge in [0.25, 0.3) is 0 Å². The van der Waals surface area contributed by atoms with Gasteiger partial charge in [0.1, 0.15) is 17.7 Å². The smallest absolute Gasteiger partial charge is 0.329 e. The average Bonchev–Trinajstić information content (AvgIpc) is 2.69. The molecule has 1 aromatic carbocycles. The molecule has 9 nitrogen and oxygen atoms in total. The highest BCUT2D eigenvalue weighted by Gasteiger charge is 2.49. The fraction of sp³-hybridized carbons (Fsp3) is 0.643. The van der Waals surface area contributed by atoms with Gasteiger partial charge in [-0.25, -0.2) is 4.79 Å². The van der Waals surface area contributed by atoms with Crippen molar-refractivity contribution in [1.82, 2.24) is 10.6 Å². The van der Waals surface area contributed by atoms with E-state index in [1.165, 1.54) is 0 Å².